The summed E-state index contributed by atoms with van der Waals surface area (Å²) in [6.45, 7) is 11.9. The summed E-state index contributed by atoms with van der Waals surface area (Å²) in [5, 5.41) is 34.2. The molecule has 1 aliphatic carbocycles. The van der Waals surface area contributed by atoms with Crippen molar-refractivity contribution in [2.75, 3.05) is 27.9 Å². The lowest BCUT2D eigenvalue weighted by Gasteiger charge is -2.48. The van der Waals surface area contributed by atoms with Crippen LogP contribution in [-0.4, -0.2) is 120 Å². The molecule has 14 atom stereocenters. The molecule has 0 radical (unpaired) electrons. The van der Waals surface area contributed by atoms with E-state index >= 15 is 0 Å². The number of aliphatic hydroxyl groups is 3. The van der Waals surface area contributed by atoms with Gasteiger partial charge in [-0.1, -0.05) is 45.4 Å². The Bertz CT molecular complexity index is 1350. The molecule has 55 heavy (non-hydrogen) atoms. The van der Waals surface area contributed by atoms with Gasteiger partial charge in [-0.2, -0.15) is 0 Å². The fraction of sp³-hybridized carbons (Fsp3) is 0.837. The molecule has 14 unspecified atom stereocenters. The van der Waals surface area contributed by atoms with E-state index < -0.39 is 72.0 Å². The Kier molecular flexibility index (Phi) is 16.9. The molecule has 3 heterocycles. The second-order valence-corrected chi connectivity index (χ2v) is 17.2. The van der Waals surface area contributed by atoms with Crippen molar-refractivity contribution >= 4 is 17.7 Å². The number of nitrogens with zero attached hydrogens (tertiary/aromatic N) is 1. The quantitative estimate of drug-likeness (QED) is 0.237. The minimum Gasteiger partial charge on any atom is -0.456 e. The van der Waals surface area contributed by atoms with Gasteiger partial charge < -0.3 is 43.9 Å². The van der Waals surface area contributed by atoms with Crippen LogP contribution in [0.5, 0.6) is 0 Å². The maximum atomic E-state index is 14.3. The maximum absolute atomic E-state index is 14.3. The van der Waals surface area contributed by atoms with Gasteiger partial charge >= 0.3 is 5.97 Å². The van der Waals surface area contributed by atoms with E-state index in [-0.39, 0.29) is 42.7 Å². The molecule has 12 nitrogen and oxygen atoms in total. The average Bonchev–Trinajstić information content (AvgIpc) is 3.15. The lowest BCUT2D eigenvalue weighted by Crippen LogP contribution is -2.59. The van der Waals surface area contributed by atoms with Crippen molar-refractivity contribution in [1.29, 1.82) is 0 Å². The fourth-order valence-corrected chi connectivity index (χ4v) is 9.47. The van der Waals surface area contributed by atoms with Crippen molar-refractivity contribution in [1.82, 2.24) is 4.90 Å². The molecule has 12 heteroatoms. The van der Waals surface area contributed by atoms with E-state index in [1.165, 1.54) is 4.90 Å². The molecular weight excluding hydrogens is 706 g/mol. The Labute approximate surface area is 329 Å². The van der Waals surface area contributed by atoms with Gasteiger partial charge in [0.2, 0.25) is 5.91 Å². The fourth-order valence-electron chi connectivity index (χ4n) is 9.47. The number of amides is 1. The number of Topliss-reactive ketones (excluding diaryl/α,β-unsaturated/α-hetero) is 1. The normalized spacial score (nSPS) is 42.1. The summed E-state index contributed by atoms with van der Waals surface area (Å²) in [6, 6.07) is -0.894. The zero-order valence-electron chi connectivity index (χ0n) is 34.9. The van der Waals surface area contributed by atoms with E-state index in [0.29, 0.717) is 64.3 Å². The van der Waals surface area contributed by atoms with E-state index in [0.717, 1.165) is 17.6 Å². The van der Waals surface area contributed by atoms with Gasteiger partial charge in [0, 0.05) is 52.0 Å². The Morgan fingerprint density at radius 3 is 2.25 bits per heavy atom. The Hall–Kier alpha value is -2.19. The molecular formula is C43H71NO11. The van der Waals surface area contributed by atoms with Gasteiger partial charge in [0.1, 0.15) is 24.0 Å². The first-order valence-corrected chi connectivity index (χ1v) is 20.8. The first kappa shape index (κ1) is 45.5. The zero-order chi connectivity index (χ0) is 40.6. The third kappa shape index (κ3) is 11.5. The van der Waals surface area contributed by atoms with Crippen LogP contribution in [0.4, 0.5) is 0 Å². The SMILES string of the molecule is CCC1/C=C(\C)CC(C)CC(OC)C2OC(O)(CC(=O)N3CCCCC3C(=O)OC(/C(C)=C/C3CCC(O)C(OC)C3)C(C)C(O)CC1=O)C(C)CC2OC. The number of carbonyl (C=O) groups is 3. The summed E-state index contributed by atoms with van der Waals surface area (Å²) in [5.74, 6) is -4.20. The highest BCUT2D eigenvalue weighted by molar-refractivity contribution is 5.85. The number of ketones is 1. The summed E-state index contributed by atoms with van der Waals surface area (Å²) < 4.78 is 30.2. The number of fused-ring (bicyclic) bond motifs is 3. The highest BCUT2D eigenvalue weighted by Crippen LogP contribution is 2.40. The van der Waals surface area contributed by atoms with E-state index in [1.54, 1.807) is 28.3 Å². The van der Waals surface area contributed by atoms with Crippen LogP contribution in [0.25, 0.3) is 0 Å². The number of piperidine rings is 1. The molecule has 0 aromatic heterocycles. The van der Waals surface area contributed by atoms with Gasteiger partial charge in [0.25, 0.3) is 0 Å². The molecule has 0 aromatic carbocycles. The van der Waals surface area contributed by atoms with E-state index in [4.69, 9.17) is 23.7 Å². The van der Waals surface area contributed by atoms with E-state index in [9.17, 15) is 29.7 Å². The molecule has 314 valence electrons. The number of aliphatic hydroxyl groups excluding tert-OH is 2. The predicted molar refractivity (Wildman–Crippen MR) is 208 cm³/mol. The Morgan fingerprint density at radius 2 is 1.60 bits per heavy atom. The van der Waals surface area contributed by atoms with Gasteiger partial charge in [-0.25, -0.2) is 4.79 Å². The number of ether oxygens (including phenoxy) is 5. The lowest BCUT2D eigenvalue weighted by atomic mass is 9.81. The summed E-state index contributed by atoms with van der Waals surface area (Å²) in [7, 11) is 4.81. The van der Waals surface area contributed by atoms with Crippen molar-refractivity contribution in [3.8, 4) is 0 Å². The van der Waals surface area contributed by atoms with Crippen molar-refractivity contribution < 1.29 is 53.4 Å². The molecule has 3 N–H and O–H groups in total. The van der Waals surface area contributed by atoms with Crippen LogP contribution in [0.3, 0.4) is 0 Å². The van der Waals surface area contributed by atoms with Crippen molar-refractivity contribution in [2.45, 2.75) is 173 Å². The number of methoxy groups -OCH3 is 3. The van der Waals surface area contributed by atoms with Crippen LogP contribution in [0, 0.1) is 29.6 Å². The van der Waals surface area contributed by atoms with Gasteiger partial charge in [-0.05, 0) is 95.5 Å². The largest absolute Gasteiger partial charge is 0.456 e. The Morgan fingerprint density at radius 1 is 0.927 bits per heavy atom. The molecule has 2 saturated heterocycles. The summed E-state index contributed by atoms with van der Waals surface area (Å²) in [5.41, 5.74) is 1.78. The van der Waals surface area contributed by atoms with E-state index in [1.807, 2.05) is 39.8 Å². The summed E-state index contributed by atoms with van der Waals surface area (Å²) in [4.78, 5) is 43.8. The number of rotatable bonds is 6. The van der Waals surface area contributed by atoms with Crippen molar-refractivity contribution in [3.05, 3.63) is 23.3 Å². The third-order valence-electron chi connectivity index (χ3n) is 13.0. The van der Waals surface area contributed by atoms with Gasteiger partial charge in [-0.15, -0.1) is 0 Å². The second-order valence-electron chi connectivity index (χ2n) is 17.2. The second kappa shape index (κ2) is 20.5. The smallest absolute Gasteiger partial charge is 0.329 e. The number of hydrogen-bond acceptors (Lipinski definition) is 11. The topological polar surface area (TPSA) is 161 Å². The number of carbonyl (C=O) groups excluding carboxylic acids is 3. The van der Waals surface area contributed by atoms with Gasteiger partial charge in [-0.3, -0.25) is 9.59 Å². The number of esters is 1. The van der Waals surface area contributed by atoms with Gasteiger partial charge in [0.05, 0.1) is 36.9 Å². The lowest BCUT2D eigenvalue weighted by molar-refractivity contribution is -0.321. The van der Waals surface area contributed by atoms with Crippen LogP contribution >= 0.6 is 0 Å². The molecule has 3 aliphatic heterocycles. The average molecular weight is 778 g/mol. The summed E-state index contributed by atoms with van der Waals surface area (Å²) >= 11 is 0. The van der Waals surface area contributed by atoms with Gasteiger partial charge in [0.15, 0.2) is 5.79 Å². The Balaban J connectivity index is 1.73. The number of cyclic esters (lactones) is 1. The minimum atomic E-state index is -1.82. The highest BCUT2D eigenvalue weighted by atomic mass is 16.7. The van der Waals surface area contributed by atoms with Crippen LogP contribution < -0.4 is 0 Å². The van der Waals surface area contributed by atoms with E-state index in [2.05, 4.69) is 6.92 Å². The molecule has 0 aromatic rings. The van der Waals surface area contributed by atoms with Crippen molar-refractivity contribution in [2.24, 2.45) is 29.6 Å². The first-order chi connectivity index (χ1) is 26.0. The molecule has 2 bridgehead atoms. The third-order valence-corrected chi connectivity index (χ3v) is 13.0. The van der Waals surface area contributed by atoms with Crippen molar-refractivity contribution in [3.63, 3.8) is 0 Å². The molecule has 1 saturated carbocycles. The van der Waals surface area contributed by atoms with Crippen LogP contribution in [0.15, 0.2) is 23.3 Å². The molecule has 4 rings (SSSR count). The summed E-state index contributed by atoms with van der Waals surface area (Å²) in [6.07, 6.45) is 5.30. The number of hydrogen-bond donors (Lipinski definition) is 3. The standard InChI is InChI=1S/C43H71NO11/c1-10-31-18-25(2)17-26(3)19-37(52-8)41-38(53-9)21-28(5)43(50,55-41)24-39(48)44-16-12-11-13-32(44)42(49)54-40(29(6)34(46)23-35(31)47)27(4)20-30-14-15-33(45)36(22-30)51-7/h18,20,26,28-34,36-38,40-41,45-46,50H,10-17,19,21-24H2,1-9H3/b25-18+,27-20+. The molecule has 3 fully saturated rings. The highest BCUT2D eigenvalue weighted by Gasteiger charge is 2.51. The number of allylic oxidation sites excluding steroid dienone is 3. The minimum absolute atomic E-state index is 0.0494. The molecule has 4 aliphatic rings. The molecule has 0 spiro atoms. The first-order valence-electron chi connectivity index (χ1n) is 20.8. The van der Waals surface area contributed by atoms with Crippen LogP contribution in [0.1, 0.15) is 119 Å². The monoisotopic (exact) mass is 778 g/mol. The van der Waals surface area contributed by atoms with Crippen LogP contribution in [-0.2, 0) is 38.1 Å². The maximum Gasteiger partial charge on any atom is 0.329 e. The predicted octanol–water partition coefficient (Wildman–Crippen LogP) is 5.29. The molecule has 1 amide bonds. The van der Waals surface area contributed by atoms with Crippen LogP contribution in [0.2, 0.25) is 0 Å². The zero-order valence-corrected chi connectivity index (χ0v) is 34.9.